The van der Waals surface area contributed by atoms with Crippen molar-refractivity contribution in [2.75, 3.05) is 13.1 Å². The molecular weight excluding hydrogens is 402 g/mol. The lowest BCUT2D eigenvalue weighted by atomic mass is 9.52. The quantitative estimate of drug-likeness (QED) is 0.769. The molecule has 7 heteroatoms. The van der Waals surface area contributed by atoms with Crippen molar-refractivity contribution in [3.05, 3.63) is 35.4 Å². The molecule has 4 aliphatic carbocycles. The molecule has 0 spiro atoms. The van der Waals surface area contributed by atoms with Crippen LogP contribution in [0.3, 0.4) is 0 Å². The van der Waals surface area contributed by atoms with E-state index in [0.717, 1.165) is 44.2 Å². The first-order chi connectivity index (χ1) is 14.8. The lowest BCUT2D eigenvalue weighted by Gasteiger charge is -2.58. The molecule has 4 bridgehead atoms. The summed E-state index contributed by atoms with van der Waals surface area (Å²) in [5, 5.41) is 14.0. The molecule has 2 N–H and O–H groups in total. The van der Waals surface area contributed by atoms with E-state index in [0.29, 0.717) is 43.7 Å². The average Bonchev–Trinajstić information content (AvgIpc) is 2.71. The Morgan fingerprint density at radius 2 is 1.77 bits per heavy atom. The van der Waals surface area contributed by atoms with Gasteiger partial charge in [0.15, 0.2) is 0 Å². The van der Waals surface area contributed by atoms with E-state index in [-0.39, 0.29) is 35.8 Å². The zero-order valence-electron chi connectivity index (χ0n) is 17.7. The van der Waals surface area contributed by atoms with E-state index in [1.54, 1.807) is 4.90 Å². The van der Waals surface area contributed by atoms with Crippen LogP contribution in [-0.4, -0.2) is 46.6 Å². The maximum atomic E-state index is 13.8. The molecule has 5 aliphatic rings. The minimum atomic E-state index is -0.706. The van der Waals surface area contributed by atoms with E-state index >= 15 is 0 Å². The van der Waals surface area contributed by atoms with Gasteiger partial charge in [-0.15, -0.1) is 0 Å². The summed E-state index contributed by atoms with van der Waals surface area (Å²) in [7, 11) is 0. The van der Waals surface area contributed by atoms with Gasteiger partial charge >= 0.3 is 0 Å². The third-order valence-corrected chi connectivity index (χ3v) is 8.13. The normalized spacial score (nSPS) is 34.7. The number of hydrogen-bond acceptors (Lipinski definition) is 3. The Kier molecular flexibility index (Phi) is 5.27. The fourth-order valence-electron chi connectivity index (χ4n) is 6.83. The molecule has 1 heterocycles. The molecule has 5 fully saturated rings. The van der Waals surface area contributed by atoms with Crippen molar-refractivity contribution < 1.29 is 23.5 Å². The Morgan fingerprint density at radius 3 is 2.39 bits per heavy atom. The number of piperidine rings is 1. The number of carbonyl (C=O) groups is 2. The van der Waals surface area contributed by atoms with Crippen LogP contribution in [0.5, 0.6) is 0 Å². The van der Waals surface area contributed by atoms with Crippen molar-refractivity contribution in [2.24, 2.45) is 23.7 Å². The van der Waals surface area contributed by atoms with Crippen molar-refractivity contribution in [3.63, 3.8) is 0 Å². The maximum Gasteiger partial charge on any atom is 0.227 e. The molecule has 2 atom stereocenters. The van der Waals surface area contributed by atoms with Gasteiger partial charge in [-0.25, -0.2) is 8.78 Å². The minimum Gasteiger partial charge on any atom is -0.390 e. The third kappa shape index (κ3) is 4.09. The fraction of sp³-hybridized carbons (Fsp3) is 0.667. The van der Waals surface area contributed by atoms with Gasteiger partial charge in [0, 0.05) is 31.1 Å². The number of carbonyl (C=O) groups excluding carboxylic acids is 2. The maximum absolute atomic E-state index is 13.8. The Balaban J connectivity index is 1.13. The second kappa shape index (κ2) is 7.84. The lowest BCUT2D eigenvalue weighted by molar-refractivity contribution is -0.149. The van der Waals surface area contributed by atoms with Crippen LogP contribution >= 0.6 is 0 Å². The van der Waals surface area contributed by atoms with Gasteiger partial charge in [-0.2, -0.15) is 0 Å². The molecule has 2 amide bonds. The SMILES string of the molecule is O=C(NC1C2CC3CC1CC(O)(C3)C2)C1CCN(C(=O)Cc2ccc(F)cc2F)CC1. The van der Waals surface area contributed by atoms with Gasteiger partial charge in [0.2, 0.25) is 11.8 Å². The predicted octanol–water partition coefficient (Wildman–Crippen LogP) is 2.80. The zero-order valence-corrected chi connectivity index (χ0v) is 17.7. The summed E-state index contributed by atoms with van der Waals surface area (Å²) in [6.45, 7) is 0.943. The zero-order chi connectivity index (χ0) is 21.8. The number of rotatable bonds is 4. The van der Waals surface area contributed by atoms with E-state index in [4.69, 9.17) is 0 Å². The molecule has 0 aromatic heterocycles. The largest absolute Gasteiger partial charge is 0.390 e. The molecule has 2 unspecified atom stereocenters. The molecule has 6 rings (SSSR count). The summed E-state index contributed by atoms with van der Waals surface area (Å²) in [6.07, 6.45) is 5.84. The van der Waals surface area contributed by atoms with Crippen molar-refractivity contribution >= 4 is 11.8 Å². The van der Waals surface area contributed by atoms with Crippen LogP contribution in [0.2, 0.25) is 0 Å². The number of amides is 2. The highest BCUT2D eigenvalue weighted by molar-refractivity contribution is 5.81. The Hall–Kier alpha value is -2.02. The van der Waals surface area contributed by atoms with Crippen LogP contribution in [0.4, 0.5) is 8.78 Å². The van der Waals surface area contributed by atoms with Crippen LogP contribution in [0.15, 0.2) is 18.2 Å². The summed E-state index contributed by atoms with van der Waals surface area (Å²) in [5.74, 6) is -0.237. The van der Waals surface area contributed by atoms with Gasteiger partial charge in [-0.1, -0.05) is 6.07 Å². The number of likely N-dealkylation sites (tertiary alicyclic amines) is 1. The van der Waals surface area contributed by atoms with Gasteiger partial charge in [-0.05, 0) is 74.3 Å². The van der Waals surface area contributed by atoms with Gasteiger partial charge < -0.3 is 15.3 Å². The van der Waals surface area contributed by atoms with E-state index in [2.05, 4.69) is 5.32 Å². The molecule has 1 aliphatic heterocycles. The van der Waals surface area contributed by atoms with Crippen molar-refractivity contribution in [1.82, 2.24) is 10.2 Å². The summed E-state index contributed by atoms with van der Waals surface area (Å²) >= 11 is 0. The summed E-state index contributed by atoms with van der Waals surface area (Å²) in [4.78, 5) is 27.2. The lowest BCUT2D eigenvalue weighted by Crippen LogP contribution is -2.62. The number of hydrogen-bond donors (Lipinski definition) is 2. The van der Waals surface area contributed by atoms with Crippen molar-refractivity contribution in [3.8, 4) is 0 Å². The molecule has 1 saturated heterocycles. The average molecular weight is 433 g/mol. The smallest absolute Gasteiger partial charge is 0.227 e. The number of nitrogens with one attached hydrogen (secondary N) is 1. The summed E-state index contributed by atoms with van der Waals surface area (Å²) < 4.78 is 26.9. The second-order valence-corrected chi connectivity index (χ2v) is 10.3. The Morgan fingerprint density at radius 1 is 1.10 bits per heavy atom. The Labute approximate surface area is 181 Å². The van der Waals surface area contributed by atoms with Gasteiger partial charge in [0.25, 0.3) is 0 Å². The minimum absolute atomic E-state index is 0.0705. The van der Waals surface area contributed by atoms with Crippen LogP contribution in [-0.2, 0) is 16.0 Å². The van der Waals surface area contributed by atoms with Crippen LogP contribution in [0.25, 0.3) is 0 Å². The van der Waals surface area contributed by atoms with Crippen LogP contribution in [0, 0.1) is 35.3 Å². The topological polar surface area (TPSA) is 69.6 Å². The predicted molar refractivity (Wildman–Crippen MR) is 110 cm³/mol. The molecular formula is C24H30F2N2O3. The number of halogens is 2. The highest BCUT2D eigenvalue weighted by Gasteiger charge is 2.55. The molecule has 1 aromatic carbocycles. The van der Waals surface area contributed by atoms with Crippen molar-refractivity contribution in [2.45, 2.75) is 63.0 Å². The first kappa shape index (κ1) is 20.9. The summed E-state index contributed by atoms with van der Waals surface area (Å²) in [5.41, 5.74) is -0.317. The standard InChI is InChI=1S/C24H30F2N2O3/c25-19-2-1-16(20(26)10-19)9-21(29)28-5-3-15(4-6-28)23(30)27-22-17-7-14-8-18(22)13-24(31,11-14)12-17/h1-2,10,14-15,17-18,22,31H,3-9,11-13H2,(H,27,30). The molecule has 4 saturated carbocycles. The first-order valence-electron chi connectivity index (χ1n) is 11.5. The van der Waals surface area contributed by atoms with E-state index in [1.165, 1.54) is 6.07 Å². The van der Waals surface area contributed by atoms with Crippen LogP contribution < -0.4 is 5.32 Å². The van der Waals surface area contributed by atoms with Crippen LogP contribution in [0.1, 0.15) is 50.5 Å². The van der Waals surface area contributed by atoms with E-state index in [9.17, 15) is 23.5 Å². The third-order valence-electron chi connectivity index (χ3n) is 8.13. The highest BCUT2D eigenvalue weighted by atomic mass is 19.1. The van der Waals surface area contributed by atoms with Gasteiger partial charge in [-0.3, -0.25) is 9.59 Å². The number of benzene rings is 1. The van der Waals surface area contributed by atoms with Gasteiger partial charge in [0.1, 0.15) is 11.6 Å². The number of aliphatic hydroxyl groups is 1. The molecule has 31 heavy (non-hydrogen) atoms. The Bertz CT molecular complexity index is 868. The number of nitrogens with zero attached hydrogens (tertiary/aromatic N) is 1. The van der Waals surface area contributed by atoms with Gasteiger partial charge in [0.05, 0.1) is 12.0 Å². The molecule has 1 aromatic rings. The van der Waals surface area contributed by atoms with E-state index < -0.39 is 17.2 Å². The molecule has 0 radical (unpaired) electrons. The van der Waals surface area contributed by atoms with E-state index in [1.807, 2.05) is 0 Å². The first-order valence-corrected chi connectivity index (χ1v) is 11.5. The van der Waals surface area contributed by atoms with Crippen molar-refractivity contribution in [1.29, 1.82) is 0 Å². The molecule has 168 valence electrons. The summed E-state index contributed by atoms with van der Waals surface area (Å²) in [6, 6.07) is 3.43. The monoisotopic (exact) mass is 432 g/mol. The fourth-order valence-corrected chi connectivity index (χ4v) is 6.83. The second-order valence-electron chi connectivity index (χ2n) is 10.3. The molecule has 5 nitrogen and oxygen atoms in total. The highest BCUT2D eigenvalue weighted by Crippen LogP contribution is 2.55.